The monoisotopic (exact) mass is 1440 g/mol. The van der Waals surface area contributed by atoms with E-state index in [0.29, 0.717) is 78.2 Å². The molecule has 0 bridgehead atoms. The molecule has 0 saturated carbocycles. The minimum Gasteiger partial charge on any atom is -0.504 e. The molecule has 3 amide bonds. The fourth-order valence-corrected chi connectivity index (χ4v) is 12.0. The number of ether oxygens (including phenoxy) is 3. The number of nitrogens with zero attached hydrogens (tertiary/aromatic N) is 1. The number of ketones is 2. The number of carbonyl (C=O) groups excluding carboxylic acids is 5. The van der Waals surface area contributed by atoms with E-state index < -0.39 is 0 Å². The van der Waals surface area contributed by atoms with Gasteiger partial charge in [-0.15, -0.1) is 0 Å². The van der Waals surface area contributed by atoms with Crippen LogP contribution in [-0.2, 0) is 24.0 Å². The Morgan fingerprint density at radius 3 is 1.58 bits per heavy atom. The van der Waals surface area contributed by atoms with Crippen molar-refractivity contribution in [2.45, 2.75) is 227 Å². The molecule has 564 valence electrons. The molecule has 16 heteroatoms. The van der Waals surface area contributed by atoms with Gasteiger partial charge in [0.2, 0.25) is 17.7 Å². The molecule has 4 N–H and O–H groups in total. The molecule has 0 spiro atoms. The van der Waals surface area contributed by atoms with Crippen LogP contribution in [0.5, 0.6) is 23.0 Å². The van der Waals surface area contributed by atoms with E-state index in [1.165, 1.54) is 38.5 Å². The first kappa shape index (κ1) is 93.9. The van der Waals surface area contributed by atoms with Crippen LogP contribution in [0.2, 0.25) is 10.0 Å². The Labute approximate surface area is 620 Å². The molecule has 6 aromatic rings. The van der Waals surface area contributed by atoms with Gasteiger partial charge in [0.1, 0.15) is 17.3 Å². The predicted molar refractivity (Wildman–Crippen MR) is 422 cm³/mol. The Bertz CT molecular complexity index is 3240. The van der Waals surface area contributed by atoms with Gasteiger partial charge in [-0.3, -0.25) is 14.4 Å². The zero-order valence-electron chi connectivity index (χ0n) is 63.4. The molecule has 101 heavy (non-hydrogen) atoms. The van der Waals surface area contributed by atoms with E-state index in [2.05, 4.69) is 127 Å². The number of hydrogen-bond acceptors (Lipinski definition) is 11. The number of benzene rings is 5. The van der Waals surface area contributed by atoms with Crippen LogP contribution in [0.15, 0.2) is 138 Å². The lowest BCUT2D eigenvalue weighted by atomic mass is 9.84. The number of nitrogens with one attached hydrogen (secondary N) is 3. The maximum absolute atomic E-state index is 11.8. The van der Waals surface area contributed by atoms with Gasteiger partial charge in [-0.25, -0.2) is 0 Å². The van der Waals surface area contributed by atoms with Crippen LogP contribution in [0.3, 0.4) is 0 Å². The van der Waals surface area contributed by atoms with Gasteiger partial charge >= 0.3 is 0 Å². The first-order chi connectivity index (χ1) is 46.9. The summed E-state index contributed by atoms with van der Waals surface area (Å²) in [6.07, 6.45) is 8.13. The van der Waals surface area contributed by atoms with Gasteiger partial charge in [-0.1, -0.05) is 214 Å². The van der Waals surface area contributed by atoms with Crippen molar-refractivity contribution >= 4 is 52.5 Å². The van der Waals surface area contributed by atoms with Crippen molar-refractivity contribution in [1.29, 1.82) is 0 Å². The maximum Gasteiger partial charge on any atom is 0.220 e. The van der Waals surface area contributed by atoms with Crippen molar-refractivity contribution in [3.8, 4) is 23.0 Å². The van der Waals surface area contributed by atoms with Crippen LogP contribution in [-0.4, -0.2) is 79.8 Å². The second-order valence-corrected chi connectivity index (χ2v) is 28.6. The molecule has 1 aromatic heterocycles. The molecular weight excluding hydrogens is 1310 g/mol. The Kier molecular flexibility index (Phi) is 47.5. The van der Waals surface area contributed by atoms with Crippen LogP contribution >= 0.6 is 23.2 Å². The summed E-state index contributed by atoms with van der Waals surface area (Å²) >= 11 is 12.1. The molecule has 2 heterocycles. The third-order valence-corrected chi connectivity index (χ3v) is 17.5. The number of carbonyl (C=O) groups is 5. The number of rotatable bonds is 29. The molecule has 1 aliphatic heterocycles. The second kappa shape index (κ2) is 51.1. The first-order valence-corrected chi connectivity index (χ1v) is 36.5. The van der Waals surface area contributed by atoms with Crippen molar-refractivity contribution in [1.82, 2.24) is 20.9 Å². The molecule has 0 aliphatic carbocycles. The summed E-state index contributed by atoms with van der Waals surface area (Å²) in [6.45, 7) is 40.5. The molecular formula is C85H130Cl2N4O10. The lowest BCUT2D eigenvalue weighted by Crippen LogP contribution is -2.31. The number of furan rings is 1. The smallest absolute Gasteiger partial charge is 0.220 e. The predicted octanol–water partition coefficient (Wildman–Crippen LogP) is 21.7. The molecule has 14 nitrogen and oxygen atoms in total. The Morgan fingerprint density at radius 1 is 0.564 bits per heavy atom. The highest BCUT2D eigenvalue weighted by Gasteiger charge is 2.26. The van der Waals surface area contributed by atoms with Crippen LogP contribution in [0.1, 0.15) is 260 Å². The maximum atomic E-state index is 11.8. The lowest BCUT2D eigenvalue weighted by molar-refractivity contribution is -0.123. The standard InChI is InChI=1S/C15H22ClNO.C15H22O3.C14H20ClNO.C14H21NO3.C14H21N.C11H16O2.2CH4/c1-4-5-10-14(18)17-15(11(2)3)12-8-6-7-9-13(12)16;1-10(2)13(8-11(3)16)12-6-7-14(17-4)15(9-12)18-5;1-4-5-13(17)16-14(10(2)3)11-6-8-12(15)9-7-11;1-5-18-13-8-11(6-7-12(13)17)14(9(2)3)15-10(4)16;1-12(2)10-15-9-8-14(11-15)13-6-4-3-5-7-13;1-8(2)10(7-9(3)12)11-5-4-6-13-11;;/h6-9,11,15H,4-5,10H2,1-3H3,(H,17,18);6-7,9-10,13H,8H2,1-5H3;6-10,14H,4-5H2,1-3H3,(H,16,17);6-9,14,17H,5H2,1-4H3,(H,15,16);3-7,12,14H,8-11H2,1-2H3;4-6,8,10H,7H2,1-3H3;2*1H4. The zero-order valence-corrected chi connectivity index (χ0v) is 65.0. The quantitative estimate of drug-likeness (QED) is 0.0350. The number of halogens is 2. The number of Topliss-reactive ketones (excluding diaryl/α,β-unsaturated/α-hetero) is 2. The highest BCUT2D eigenvalue weighted by atomic mass is 35.5. The summed E-state index contributed by atoms with van der Waals surface area (Å²) in [6, 6.07) is 41.1. The fraction of sp³-hybridized carbons (Fsp3) is 0.541. The van der Waals surface area contributed by atoms with Crippen molar-refractivity contribution in [2.24, 2.45) is 35.5 Å². The summed E-state index contributed by atoms with van der Waals surface area (Å²) in [5.74, 6) is 7.29. The number of methoxy groups -OCH3 is 2. The van der Waals surface area contributed by atoms with Gasteiger partial charge in [0.15, 0.2) is 23.0 Å². The Hall–Kier alpha value is -7.13. The highest BCUT2D eigenvalue weighted by Crippen LogP contribution is 2.37. The SMILES string of the molecule is C.C.CC(=O)CC(c1ccco1)C(C)C.CC(C)CN1CCC(c2ccccc2)C1.CCCC(=O)NC(c1ccc(Cl)cc1)C(C)C.CCCCC(=O)NC(c1ccccc1Cl)C(C)C.CCOc1cc(C(NC(C)=O)C(C)C)ccc1O.COc1ccc(C(CC(C)=O)C(C)C)cc1OC. The van der Waals surface area contributed by atoms with E-state index in [4.69, 9.17) is 41.8 Å². The van der Waals surface area contributed by atoms with Crippen LogP contribution in [0, 0.1) is 35.5 Å². The molecule has 1 aliphatic rings. The fourth-order valence-electron chi connectivity index (χ4n) is 11.7. The van der Waals surface area contributed by atoms with Crippen LogP contribution < -0.4 is 30.2 Å². The van der Waals surface area contributed by atoms with Crippen LogP contribution in [0.25, 0.3) is 0 Å². The highest BCUT2D eigenvalue weighted by molar-refractivity contribution is 6.31. The van der Waals surface area contributed by atoms with E-state index in [1.807, 2.05) is 107 Å². The zero-order chi connectivity index (χ0) is 74.3. The van der Waals surface area contributed by atoms with Gasteiger partial charge in [0.05, 0.1) is 45.2 Å². The molecule has 5 aromatic carbocycles. The van der Waals surface area contributed by atoms with Crippen molar-refractivity contribution in [3.05, 3.63) is 177 Å². The number of phenolic OH excluding ortho intramolecular Hbond substituents is 1. The number of phenols is 1. The van der Waals surface area contributed by atoms with Gasteiger partial charge in [0, 0.05) is 61.7 Å². The van der Waals surface area contributed by atoms with Gasteiger partial charge in [0.25, 0.3) is 0 Å². The molecule has 6 unspecified atom stereocenters. The normalized spacial score (nSPS) is 13.8. The molecule has 6 atom stereocenters. The van der Waals surface area contributed by atoms with Gasteiger partial charge < -0.3 is 54.2 Å². The van der Waals surface area contributed by atoms with Crippen molar-refractivity contribution < 1.29 is 47.7 Å². The van der Waals surface area contributed by atoms with Crippen molar-refractivity contribution in [2.75, 3.05) is 40.5 Å². The minimum absolute atomic E-state index is 0. The average Bonchev–Trinajstić information content (AvgIpc) is 1.71. The average molecular weight is 1440 g/mol. The summed E-state index contributed by atoms with van der Waals surface area (Å²) in [5.41, 5.74) is 5.68. The van der Waals surface area contributed by atoms with E-state index in [-0.39, 0.29) is 85.8 Å². The van der Waals surface area contributed by atoms with E-state index in [0.717, 1.165) is 64.1 Å². The number of unbranched alkanes of at least 4 members (excludes halogenated alkanes) is 1. The second-order valence-electron chi connectivity index (χ2n) is 27.8. The van der Waals surface area contributed by atoms with E-state index >= 15 is 0 Å². The topological polar surface area (TPSA) is 186 Å². The first-order valence-electron chi connectivity index (χ1n) is 35.7. The van der Waals surface area contributed by atoms with E-state index in [9.17, 15) is 29.1 Å². The Morgan fingerprint density at radius 2 is 1.09 bits per heavy atom. The summed E-state index contributed by atoms with van der Waals surface area (Å²) in [4.78, 5) is 59.7. The molecule has 0 radical (unpaired) electrons. The van der Waals surface area contributed by atoms with Gasteiger partial charge in [-0.2, -0.15) is 0 Å². The molecule has 1 fully saturated rings. The number of aromatic hydroxyl groups is 1. The summed E-state index contributed by atoms with van der Waals surface area (Å²) < 4.78 is 21.2. The third kappa shape index (κ3) is 36.0. The largest absolute Gasteiger partial charge is 0.504 e. The molecule has 7 rings (SSSR count). The third-order valence-electron chi connectivity index (χ3n) is 16.9. The Balaban J connectivity index is 0.00000119. The summed E-state index contributed by atoms with van der Waals surface area (Å²) in [7, 11) is 3.24. The lowest BCUT2D eigenvalue weighted by Gasteiger charge is -2.24. The van der Waals surface area contributed by atoms with E-state index in [1.54, 1.807) is 52.5 Å². The number of amides is 3. The van der Waals surface area contributed by atoms with Crippen LogP contribution in [0.4, 0.5) is 0 Å². The summed E-state index contributed by atoms with van der Waals surface area (Å²) in [5, 5.41) is 20.2. The number of hydrogen-bond donors (Lipinski definition) is 4. The molecule has 1 saturated heterocycles. The number of likely N-dealkylation sites (tertiary alicyclic amines) is 1. The minimum atomic E-state index is -0.0812. The van der Waals surface area contributed by atoms with Gasteiger partial charge in [-0.05, 0) is 176 Å². The van der Waals surface area contributed by atoms with Crippen molar-refractivity contribution in [3.63, 3.8) is 0 Å².